The molecule has 2 rings (SSSR count). The second-order valence-corrected chi connectivity index (χ2v) is 6.45. The lowest BCUT2D eigenvalue weighted by atomic mass is 10.1. The van der Waals surface area contributed by atoms with Crippen LogP contribution >= 0.6 is 0 Å². The van der Waals surface area contributed by atoms with E-state index < -0.39 is 17.0 Å². The number of likely N-dealkylation sites (N-methyl/N-ethyl adjacent to an activating group) is 1. The molecule has 0 unspecified atom stereocenters. The Balaban J connectivity index is 2.40. The summed E-state index contributed by atoms with van der Waals surface area (Å²) in [6.07, 6.45) is 0.182. The van der Waals surface area contributed by atoms with Crippen molar-refractivity contribution < 1.29 is 16.7 Å². The Labute approximate surface area is 128 Å². The largest absolute Gasteiger partial charge is 0.361 e. The van der Waals surface area contributed by atoms with Crippen molar-refractivity contribution >= 4 is 20.9 Å². The number of rotatable bonds is 6. The molecule has 0 aliphatic carbocycles. The van der Waals surface area contributed by atoms with Gasteiger partial charge in [0.1, 0.15) is 1.41 Å². The van der Waals surface area contributed by atoms with E-state index in [0.717, 1.165) is 12.0 Å². The summed E-state index contributed by atoms with van der Waals surface area (Å²) < 4.78 is 69.7. The van der Waals surface area contributed by atoms with Crippen LogP contribution in [-0.2, 0) is 22.2 Å². The standard InChI is InChI=1S/C14H21N3O2S/c1-15-20(18,19)10-11-4-5-14-13(8-11)12(9-16-14)6-7-17(2)3/h4-5,8-9,15-16H,6-7,10H2,1-3H3/i2D3,9D/hD2. The van der Waals surface area contributed by atoms with E-state index in [2.05, 4.69) is 0 Å². The molecule has 0 saturated carbocycles. The topological polar surface area (TPSA) is 65.2 Å². The van der Waals surface area contributed by atoms with Crippen molar-refractivity contribution in [2.45, 2.75) is 12.2 Å². The highest BCUT2D eigenvalue weighted by molar-refractivity contribution is 7.88. The molecular weight excluding hydrogens is 274 g/mol. The predicted octanol–water partition coefficient (Wildman–Crippen LogP) is 1.32. The minimum atomic E-state index is -3.76. The molecule has 1 heterocycles. The molecule has 6 heteroatoms. The maximum Gasteiger partial charge on any atom is 0.215 e. The van der Waals surface area contributed by atoms with E-state index in [1.165, 1.54) is 11.9 Å². The molecule has 110 valence electrons. The molecule has 0 atom stereocenters. The van der Waals surface area contributed by atoms with Crippen LogP contribution in [0.4, 0.5) is 0 Å². The second kappa shape index (κ2) is 5.95. The van der Waals surface area contributed by atoms with Gasteiger partial charge >= 0.3 is 0 Å². The number of aromatic amines is 1. The smallest absolute Gasteiger partial charge is 0.215 e. The number of hydrogen-bond acceptors (Lipinski definition) is 3. The van der Waals surface area contributed by atoms with Crippen LogP contribution in [0.25, 0.3) is 10.9 Å². The van der Waals surface area contributed by atoms with E-state index in [4.69, 9.17) is 8.31 Å². The maximum absolute atomic E-state index is 11.9. The van der Waals surface area contributed by atoms with Gasteiger partial charge in [0.15, 0.2) is 1.41 Å². The molecule has 5 nitrogen and oxygen atoms in total. The van der Waals surface area contributed by atoms with E-state index in [0.29, 0.717) is 26.7 Å². The molecule has 0 saturated heterocycles. The highest BCUT2D eigenvalue weighted by atomic mass is 32.2. The molecule has 0 radical (unpaired) electrons. The Bertz CT molecular complexity index is 908. The Morgan fingerprint density at radius 1 is 1.60 bits per heavy atom. The Morgan fingerprint density at radius 3 is 3.10 bits per heavy atom. The summed E-state index contributed by atoms with van der Waals surface area (Å²) in [6.45, 7) is -2.08. The third kappa shape index (κ3) is 3.59. The molecule has 0 amide bonds. The average molecular weight is 301 g/mol. The summed E-state index contributed by atoms with van der Waals surface area (Å²) in [7, 11) is -1.18. The maximum atomic E-state index is 11.9. The van der Waals surface area contributed by atoms with Crippen molar-refractivity contribution in [1.82, 2.24) is 14.6 Å². The molecule has 0 aliphatic heterocycles. The van der Waals surface area contributed by atoms with Gasteiger partial charge in [-0.2, -0.15) is 0 Å². The quantitative estimate of drug-likeness (QED) is 0.846. The summed E-state index contributed by atoms with van der Waals surface area (Å²) in [5, 5.41) is 0.546. The van der Waals surface area contributed by atoms with Crippen molar-refractivity contribution in [2.75, 3.05) is 27.6 Å². The van der Waals surface area contributed by atoms with Crippen LogP contribution in [0.1, 0.15) is 16.6 Å². The fraction of sp³-hybridized carbons (Fsp3) is 0.429. The van der Waals surface area contributed by atoms with Crippen LogP contribution in [-0.4, -0.2) is 45.9 Å². The lowest BCUT2D eigenvalue weighted by molar-refractivity contribution is 0.414. The first-order valence-electron chi connectivity index (χ1n) is 9.03. The third-order valence-electron chi connectivity index (χ3n) is 3.02. The third-order valence-corrected chi connectivity index (χ3v) is 4.28. The molecule has 0 aliphatic rings. The average Bonchev–Trinajstić information content (AvgIpc) is 2.74. The van der Waals surface area contributed by atoms with Crippen LogP contribution in [0.5, 0.6) is 0 Å². The van der Waals surface area contributed by atoms with Gasteiger partial charge in [-0.3, -0.25) is 0 Å². The van der Waals surface area contributed by atoms with Gasteiger partial charge in [-0.05, 0) is 50.8 Å². The molecule has 1 aromatic carbocycles. The number of aromatic nitrogens is 1. The van der Waals surface area contributed by atoms with Crippen molar-refractivity contribution in [3.63, 3.8) is 0 Å². The lowest BCUT2D eigenvalue weighted by Gasteiger charge is -2.08. The van der Waals surface area contributed by atoms with Crippen molar-refractivity contribution in [3.05, 3.63) is 35.5 Å². The zero-order valence-corrected chi connectivity index (χ0v) is 12.2. The van der Waals surface area contributed by atoms with Crippen molar-refractivity contribution in [2.24, 2.45) is 0 Å². The van der Waals surface area contributed by atoms with Crippen LogP contribution in [0.2, 0.25) is 2.82 Å². The Kier molecular flexibility index (Phi) is 2.62. The lowest BCUT2D eigenvalue weighted by Crippen LogP contribution is -2.20. The zero-order chi connectivity index (χ0) is 19.9. The molecule has 0 fully saturated rings. The monoisotopic (exact) mass is 301 g/mol. The summed E-state index contributed by atoms with van der Waals surface area (Å²) in [5.41, 5.74) is 1.37. The molecule has 2 N–H and O–H groups in total. The van der Waals surface area contributed by atoms with Crippen LogP contribution in [0.15, 0.2) is 24.4 Å². The summed E-state index contributed by atoms with van der Waals surface area (Å²) >= 11 is 0. The highest BCUT2D eigenvalue weighted by Crippen LogP contribution is 2.21. The summed E-state index contributed by atoms with van der Waals surface area (Å²) in [4.78, 5) is 2.12. The first kappa shape index (κ1) is 8.81. The van der Waals surface area contributed by atoms with Crippen LogP contribution in [0.3, 0.4) is 0 Å². The molecule has 0 spiro atoms. The summed E-state index contributed by atoms with van der Waals surface area (Å²) in [6, 6.07) is 4.70. The van der Waals surface area contributed by atoms with Gasteiger partial charge in [0.25, 0.3) is 0 Å². The number of nitrogens with zero attached hydrogens (tertiary/aromatic N) is 1. The molecule has 1 aromatic heterocycles. The first-order valence-corrected chi connectivity index (χ1v) is 7.74. The van der Waals surface area contributed by atoms with E-state index in [-0.39, 0.29) is 24.9 Å². The van der Waals surface area contributed by atoms with Crippen LogP contribution in [0, 0.1) is 0 Å². The van der Waals surface area contributed by atoms with Gasteiger partial charge in [-0.25, -0.2) is 13.1 Å². The normalized spacial score (nSPS) is 17.6. The Hall–Kier alpha value is -1.37. The summed E-state index contributed by atoms with van der Waals surface area (Å²) in [5.74, 6) is -0.367. The predicted molar refractivity (Wildman–Crippen MR) is 82.2 cm³/mol. The number of hydrogen-bond donors (Lipinski definition) is 2. The first-order chi connectivity index (χ1) is 11.8. The van der Waals surface area contributed by atoms with Crippen molar-refractivity contribution in [1.29, 1.82) is 0 Å². The van der Waals surface area contributed by atoms with Gasteiger partial charge in [0.05, 0.1) is 7.12 Å². The van der Waals surface area contributed by atoms with E-state index in [1.807, 2.05) is 0 Å². The minimum Gasteiger partial charge on any atom is -0.361 e. The fourth-order valence-electron chi connectivity index (χ4n) is 1.95. The van der Waals surface area contributed by atoms with Crippen molar-refractivity contribution in [3.8, 4) is 0 Å². The number of benzene rings is 1. The molecule has 20 heavy (non-hydrogen) atoms. The zero-order valence-electron chi connectivity index (χ0n) is 17.4. The second-order valence-electron chi connectivity index (χ2n) is 4.63. The SMILES string of the molecule is [2H]c1c(CCN(C)C([2H])([2H])[2H])c2cc(CS(=O)(=O)N([2H])C)ccc2n1[2H]. The van der Waals surface area contributed by atoms with Gasteiger partial charge in [0.2, 0.25) is 10.0 Å². The van der Waals surface area contributed by atoms with Gasteiger partial charge in [0, 0.05) is 27.7 Å². The number of nitrogens with one attached hydrogen (secondary N) is 2. The highest BCUT2D eigenvalue weighted by Gasteiger charge is 2.11. The molecule has 0 bridgehead atoms. The molecule has 2 aromatic rings. The van der Waals surface area contributed by atoms with E-state index >= 15 is 0 Å². The number of fused-ring (bicyclic) bond motifs is 1. The van der Waals surface area contributed by atoms with Gasteiger partial charge < -0.3 is 9.88 Å². The minimum absolute atomic E-state index is 0.0587. The van der Waals surface area contributed by atoms with Crippen LogP contribution < -0.4 is 4.72 Å². The van der Waals surface area contributed by atoms with Gasteiger partial charge in [-0.1, -0.05) is 6.07 Å². The van der Waals surface area contributed by atoms with Gasteiger partial charge in [-0.15, -0.1) is 0 Å². The number of sulfonamides is 1. The van der Waals surface area contributed by atoms with E-state index in [1.54, 1.807) is 18.2 Å². The van der Waals surface area contributed by atoms with E-state index in [9.17, 15) is 8.42 Å². The fourth-order valence-corrected chi connectivity index (χ4v) is 2.68. The Morgan fingerprint density at radius 2 is 2.40 bits per heavy atom. The molecular formula is C14H21N3O2S. The number of H-pyrrole nitrogens is 1.